The maximum atomic E-state index is 10.6. The van der Waals surface area contributed by atoms with Gasteiger partial charge in [-0.15, -0.1) is 0 Å². The van der Waals surface area contributed by atoms with Crippen molar-refractivity contribution in [3.05, 3.63) is 42.7 Å². The molecule has 1 aromatic carbocycles. The fourth-order valence-corrected chi connectivity index (χ4v) is 0.723. The highest BCUT2D eigenvalue weighted by Crippen LogP contribution is 2.11. The molecule has 0 saturated carbocycles. The van der Waals surface area contributed by atoms with Crippen LogP contribution in [0.15, 0.2) is 42.7 Å². The van der Waals surface area contributed by atoms with E-state index in [0.717, 1.165) is 0 Å². The van der Waals surface area contributed by atoms with E-state index >= 15 is 0 Å². The lowest BCUT2D eigenvalue weighted by molar-refractivity contribution is -0.231. The summed E-state index contributed by atoms with van der Waals surface area (Å²) in [7, 11) is 0. The molecule has 4 nitrogen and oxygen atoms in total. The van der Waals surface area contributed by atoms with Gasteiger partial charge in [0.25, 0.3) is 0 Å². The van der Waals surface area contributed by atoms with Crippen LogP contribution in [-0.4, -0.2) is 11.2 Å². The van der Waals surface area contributed by atoms with Crippen LogP contribution in [0.4, 0.5) is 0 Å². The molecular weight excluding hydrogens is 172 g/mol. The second kappa shape index (κ2) is 4.27. The van der Waals surface area contributed by atoms with Gasteiger partial charge < -0.3 is 4.74 Å². The first-order chi connectivity index (χ1) is 6.24. The summed E-state index contributed by atoms with van der Waals surface area (Å²) in [6, 6.07) is 8.59. The van der Waals surface area contributed by atoms with Crippen molar-refractivity contribution in [2.45, 2.75) is 0 Å². The molecule has 0 aromatic heterocycles. The summed E-state index contributed by atoms with van der Waals surface area (Å²) >= 11 is 0. The molecular formula is C9H8O4. The van der Waals surface area contributed by atoms with Crippen molar-refractivity contribution in [2.75, 3.05) is 0 Å². The Bertz CT molecular complexity index is 305. The molecule has 0 aliphatic heterocycles. The fourth-order valence-electron chi connectivity index (χ4n) is 0.723. The molecule has 0 atom stereocenters. The van der Waals surface area contributed by atoms with Gasteiger partial charge in [0.15, 0.2) is 0 Å². The van der Waals surface area contributed by atoms with E-state index in [1.807, 2.05) is 0 Å². The summed E-state index contributed by atoms with van der Waals surface area (Å²) in [5.41, 5.74) is 0. The molecule has 1 N–H and O–H groups in total. The van der Waals surface area contributed by atoms with Crippen molar-refractivity contribution in [1.82, 2.24) is 0 Å². The van der Waals surface area contributed by atoms with Crippen molar-refractivity contribution in [2.24, 2.45) is 0 Å². The predicted octanol–water partition coefficient (Wildman–Crippen LogP) is 1.60. The smallest absolute Gasteiger partial charge is 0.407 e. The lowest BCUT2D eigenvalue weighted by Crippen LogP contribution is -2.09. The number of hydrogen-bond donors (Lipinski definition) is 1. The van der Waals surface area contributed by atoms with E-state index < -0.39 is 5.97 Å². The first kappa shape index (κ1) is 9.28. The molecule has 1 rings (SSSR count). The average molecular weight is 180 g/mol. The zero-order chi connectivity index (χ0) is 9.68. The van der Waals surface area contributed by atoms with E-state index in [-0.39, 0.29) is 5.76 Å². The van der Waals surface area contributed by atoms with Crippen LogP contribution in [0.3, 0.4) is 0 Å². The molecule has 0 aliphatic carbocycles. The minimum atomic E-state index is -1.01. The van der Waals surface area contributed by atoms with Gasteiger partial charge in [0.1, 0.15) is 5.75 Å². The first-order valence-corrected chi connectivity index (χ1v) is 3.51. The summed E-state index contributed by atoms with van der Waals surface area (Å²) in [6.45, 7) is 3.26. The van der Waals surface area contributed by atoms with Gasteiger partial charge in [-0.25, -0.2) is 4.79 Å². The molecule has 4 heteroatoms. The number of hydrogen-bond acceptors (Lipinski definition) is 4. The van der Waals surface area contributed by atoms with Gasteiger partial charge in [-0.3, -0.25) is 4.89 Å². The van der Waals surface area contributed by atoms with Crippen molar-refractivity contribution in [3.63, 3.8) is 0 Å². The maximum absolute atomic E-state index is 10.6. The summed E-state index contributed by atoms with van der Waals surface area (Å²) in [5.74, 6) is -0.824. The number of rotatable bonds is 3. The molecule has 0 radical (unpaired) electrons. The van der Waals surface area contributed by atoms with Gasteiger partial charge in [-0.2, -0.15) is 5.26 Å². The maximum Gasteiger partial charge on any atom is 0.407 e. The number of para-hydroxylation sites is 1. The van der Waals surface area contributed by atoms with E-state index in [9.17, 15) is 4.79 Å². The molecule has 0 fully saturated rings. The Labute approximate surface area is 74.9 Å². The Morgan fingerprint density at radius 2 is 1.92 bits per heavy atom. The zero-order valence-corrected chi connectivity index (χ0v) is 6.77. The summed E-state index contributed by atoms with van der Waals surface area (Å²) in [4.78, 5) is 14.0. The average Bonchev–Trinajstić information content (AvgIpc) is 2.18. The Morgan fingerprint density at radius 1 is 1.31 bits per heavy atom. The molecule has 13 heavy (non-hydrogen) atoms. The summed E-state index contributed by atoms with van der Waals surface area (Å²) in [5, 5.41) is 7.99. The van der Waals surface area contributed by atoms with Crippen LogP contribution in [0.2, 0.25) is 0 Å². The van der Waals surface area contributed by atoms with Crippen LogP contribution < -0.4 is 4.74 Å². The van der Waals surface area contributed by atoms with E-state index in [2.05, 4.69) is 11.5 Å². The Kier molecular flexibility index (Phi) is 3.05. The van der Waals surface area contributed by atoms with Crippen molar-refractivity contribution < 1.29 is 19.7 Å². The standard InChI is InChI=1S/C9H8O4/c1-7(9(10)13-11)12-8-5-3-2-4-6-8/h2-6,11H,1H2. The lowest BCUT2D eigenvalue weighted by Gasteiger charge is -2.04. The normalized spacial score (nSPS) is 9.00. The molecule has 0 aliphatic rings. The van der Waals surface area contributed by atoms with Crippen LogP contribution >= 0.6 is 0 Å². The van der Waals surface area contributed by atoms with Gasteiger partial charge in [0.2, 0.25) is 5.76 Å². The van der Waals surface area contributed by atoms with Crippen LogP contribution in [0.1, 0.15) is 0 Å². The molecule has 0 amide bonds. The van der Waals surface area contributed by atoms with Crippen molar-refractivity contribution in [3.8, 4) is 5.75 Å². The van der Waals surface area contributed by atoms with Gasteiger partial charge in [0.05, 0.1) is 0 Å². The Hall–Kier alpha value is -1.81. The second-order valence-corrected chi connectivity index (χ2v) is 2.22. The minimum absolute atomic E-state index is 0.270. The van der Waals surface area contributed by atoms with Gasteiger partial charge in [-0.1, -0.05) is 18.2 Å². The highest BCUT2D eigenvalue weighted by molar-refractivity contribution is 5.85. The third kappa shape index (κ3) is 2.61. The van der Waals surface area contributed by atoms with E-state index in [1.165, 1.54) is 0 Å². The number of carbonyl (C=O) groups excluding carboxylic acids is 1. The third-order valence-corrected chi connectivity index (χ3v) is 1.29. The Balaban J connectivity index is 2.60. The van der Waals surface area contributed by atoms with E-state index in [4.69, 9.17) is 9.99 Å². The van der Waals surface area contributed by atoms with Crippen LogP contribution in [0.25, 0.3) is 0 Å². The second-order valence-electron chi connectivity index (χ2n) is 2.22. The first-order valence-electron chi connectivity index (χ1n) is 3.51. The monoisotopic (exact) mass is 180 g/mol. The van der Waals surface area contributed by atoms with E-state index in [1.54, 1.807) is 30.3 Å². The minimum Gasteiger partial charge on any atom is -0.450 e. The van der Waals surface area contributed by atoms with Crippen LogP contribution in [0, 0.1) is 0 Å². The Morgan fingerprint density at radius 3 is 2.46 bits per heavy atom. The number of carbonyl (C=O) groups is 1. The van der Waals surface area contributed by atoms with Gasteiger partial charge >= 0.3 is 5.97 Å². The van der Waals surface area contributed by atoms with E-state index in [0.29, 0.717) is 5.75 Å². The topological polar surface area (TPSA) is 55.8 Å². The number of ether oxygens (including phenoxy) is 1. The highest BCUT2D eigenvalue weighted by Gasteiger charge is 2.09. The lowest BCUT2D eigenvalue weighted by atomic mass is 10.3. The molecule has 1 aromatic rings. The van der Waals surface area contributed by atoms with Crippen LogP contribution in [-0.2, 0) is 9.68 Å². The van der Waals surface area contributed by atoms with Gasteiger partial charge in [-0.05, 0) is 18.7 Å². The highest BCUT2D eigenvalue weighted by atomic mass is 17.1. The molecule has 0 spiro atoms. The van der Waals surface area contributed by atoms with Gasteiger partial charge in [0, 0.05) is 0 Å². The van der Waals surface area contributed by atoms with Crippen molar-refractivity contribution >= 4 is 5.97 Å². The fraction of sp³-hybridized carbons (Fsp3) is 0. The number of benzene rings is 1. The molecule has 0 saturated heterocycles. The van der Waals surface area contributed by atoms with Crippen LogP contribution in [0.5, 0.6) is 5.75 Å². The molecule has 0 unspecified atom stereocenters. The predicted molar refractivity (Wildman–Crippen MR) is 44.9 cm³/mol. The third-order valence-electron chi connectivity index (χ3n) is 1.29. The molecule has 68 valence electrons. The quantitative estimate of drug-likeness (QED) is 0.332. The zero-order valence-electron chi connectivity index (χ0n) is 6.77. The largest absolute Gasteiger partial charge is 0.450 e. The molecule has 0 bridgehead atoms. The van der Waals surface area contributed by atoms with Crippen molar-refractivity contribution in [1.29, 1.82) is 0 Å². The summed E-state index contributed by atoms with van der Waals surface area (Å²) < 4.78 is 4.94. The molecule has 0 heterocycles. The summed E-state index contributed by atoms with van der Waals surface area (Å²) in [6.07, 6.45) is 0. The SMILES string of the molecule is C=C(Oc1ccccc1)C(=O)OO.